The fourth-order valence-electron chi connectivity index (χ4n) is 15.6. The standard InChI is InChI=1S/C9H18N2.2C9H17N.2C8H15N.C7H13N/c1-10-4-3-8-5-11(2)7-9(8)6-10;1-7-3-8-5-10(2)6-9(8)4-7;1-8-3-4-9(5-8)6-10(2)7-9;1-7-3-8(4-7)5-9(2)6-8;1-6-3-7-4-9(2)5-8(6)7;1-5-6-3-8(2)4-7(5)6/h8-9H,3-7H2,1-2H3;7-9H,3-6H2,1-2H3;8H,3-7H2,1-2H3;7H,3-6H2,1-2H3;6-8H,3-5H2,1-2H3;5-7H,3-4H2,1-2H3. The number of hydrogen-bond acceptors (Lipinski definition) is 7. The maximum Gasteiger partial charge on any atom is 0.00476 e. The molecular formula is C50H95N7. The first-order chi connectivity index (χ1) is 27.0. The van der Waals surface area contributed by atoms with Crippen LogP contribution in [0.2, 0.25) is 0 Å². The third-order valence-electron chi connectivity index (χ3n) is 18.2. The minimum atomic E-state index is 0.786. The smallest absolute Gasteiger partial charge is 0.00476 e. The van der Waals surface area contributed by atoms with Gasteiger partial charge in [0.1, 0.15) is 0 Å². The maximum absolute atomic E-state index is 2.49. The average Bonchev–Trinajstić information content (AvgIpc) is 3.80. The minimum absolute atomic E-state index is 0.786. The van der Waals surface area contributed by atoms with Crippen LogP contribution in [0.1, 0.15) is 92.4 Å². The van der Waals surface area contributed by atoms with Crippen molar-refractivity contribution in [1.29, 1.82) is 0 Å². The molecule has 330 valence electrons. The maximum atomic E-state index is 2.49. The van der Waals surface area contributed by atoms with Crippen LogP contribution in [0.15, 0.2) is 0 Å². The Morgan fingerprint density at radius 2 is 0.825 bits per heavy atom. The third kappa shape index (κ3) is 11.2. The molecule has 7 heteroatoms. The molecular weight excluding hydrogens is 699 g/mol. The Bertz CT molecular complexity index is 1190. The van der Waals surface area contributed by atoms with E-state index in [9.17, 15) is 0 Å². The normalized spacial score (nSPS) is 44.0. The zero-order valence-corrected chi connectivity index (χ0v) is 39.9. The molecule has 0 aromatic heterocycles. The summed E-state index contributed by atoms with van der Waals surface area (Å²) in [6.07, 6.45) is 13.4. The number of likely N-dealkylation sites (tertiary alicyclic amines) is 7. The Morgan fingerprint density at radius 1 is 0.368 bits per heavy atom. The molecule has 2 spiro atoms. The third-order valence-corrected chi connectivity index (χ3v) is 18.2. The van der Waals surface area contributed by atoms with Crippen LogP contribution < -0.4 is 0 Å². The van der Waals surface area contributed by atoms with Crippen LogP contribution in [0.4, 0.5) is 0 Å². The average molecular weight is 794 g/mol. The molecule has 7 aliphatic heterocycles. The molecule has 10 unspecified atom stereocenters. The topological polar surface area (TPSA) is 22.7 Å². The van der Waals surface area contributed by atoms with Crippen molar-refractivity contribution in [2.45, 2.75) is 92.4 Å². The van der Waals surface area contributed by atoms with Crippen molar-refractivity contribution in [1.82, 2.24) is 34.3 Å². The van der Waals surface area contributed by atoms with Gasteiger partial charge < -0.3 is 34.3 Å². The molecule has 0 radical (unpaired) electrons. The first-order valence-electron chi connectivity index (χ1n) is 24.8. The van der Waals surface area contributed by atoms with Crippen LogP contribution >= 0.6 is 0 Å². The van der Waals surface area contributed by atoms with Gasteiger partial charge >= 0.3 is 0 Å². The summed E-state index contributed by atoms with van der Waals surface area (Å²) in [6.45, 7) is 30.9. The summed E-state index contributed by atoms with van der Waals surface area (Å²) >= 11 is 0. The Morgan fingerprint density at radius 3 is 1.30 bits per heavy atom. The highest BCUT2D eigenvalue weighted by Crippen LogP contribution is 2.52. The van der Waals surface area contributed by atoms with E-state index in [-0.39, 0.29) is 0 Å². The van der Waals surface area contributed by atoms with Gasteiger partial charge in [0.15, 0.2) is 0 Å². The second kappa shape index (κ2) is 18.6. The molecule has 5 aliphatic carbocycles. The van der Waals surface area contributed by atoms with Crippen molar-refractivity contribution >= 4 is 0 Å². The van der Waals surface area contributed by atoms with E-state index in [0.29, 0.717) is 0 Å². The van der Waals surface area contributed by atoms with Gasteiger partial charge in [0.2, 0.25) is 0 Å². The highest BCUT2D eigenvalue weighted by molar-refractivity contribution is 5.03. The lowest BCUT2D eigenvalue weighted by atomic mass is 9.58. The molecule has 0 bridgehead atoms. The molecule has 57 heavy (non-hydrogen) atoms. The van der Waals surface area contributed by atoms with E-state index in [1.54, 1.807) is 0 Å². The van der Waals surface area contributed by atoms with Crippen molar-refractivity contribution in [2.24, 2.45) is 87.8 Å². The Kier molecular flexibility index (Phi) is 14.6. The van der Waals surface area contributed by atoms with Gasteiger partial charge in [0.25, 0.3) is 0 Å². The van der Waals surface area contributed by atoms with Crippen LogP contribution in [-0.2, 0) is 0 Å². The van der Waals surface area contributed by atoms with Gasteiger partial charge in [-0.3, -0.25) is 0 Å². The Balaban J connectivity index is 0.000000105. The van der Waals surface area contributed by atoms with Gasteiger partial charge in [-0.2, -0.15) is 0 Å². The molecule has 0 aromatic rings. The molecule has 5 saturated carbocycles. The van der Waals surface area contributed by atoms with Gasteiger partial charge in [-0.1, -0.05) is 41.0 Å². The van der Waals surface area contributed by atoms with Crippen molar-refractivity contribution in [2.75, 3.05) is 141 Å². The van der Waals surface area contributed by atoms with Crippen LogP contribution in [0, 0.1) is 87.8 Å². The van der Waals surface area contributed by atoms with Gasteiger partial charge in [-0.25, -0.2) is 0 Å². The van der Waals surface area contributed by atoms with Crippen LogP contribution in [0.5, 0.6) is 0 Å². The molecule has 12 aliphatic rings. The SMILES string of the molecule is CC1C2CN(C)CC12.CC1CC2(C1)CN(C)C2.CC1CC2CN(C)CC12.CC1CC2CN(C)CC2C1.CC1CCC2(C1)CN(C)C2.CN1CCC2CN(C)CC2C1. The molecule has 12 fully saturated rings. The van der Waals surface area contributed by atoms with E-state index >= 15 is 0 Å². The molecule has 0 amide bonds. The van der Waals surface area contributed by atoms with Crippen molar-refractivity contribution in [3.63, 3.8) is 0 Å². The first kappa shape index (κ1) is 44.8. The Labute approximate surface area is 354 Å². The van der Waals surface area contributed by atoms with Crippen molar-refractivity contribution in [3.05, 3.63) is 0 Å². The van der Waals surface area contributed by atoms with Crippen LogP contribution in [0.25, 0.3) is 0 Å². The van der Waals surface area contributed by atoms with E-state index < -0.39 is 0 Å². The summed E-state index contributed by atoms with van der Waals surface area (Å²) in [7, 11) is 15.7. The molecule has 0 aromatic carbocycles. The number of nitrogens with zero attached hydrogens (tertiary/aromatic N) is 7. The number of hydrogen-bond donors (Lipinski definition) is 0. The summed E-state index contributed by atoms with van der Waals surface area (Å²) in [4.78, 5) is 17.2. The van der Waals surface area contributed by atoms with E-state index in [1.807, 2.05) is 0 Å². The summed E-state index contributed by atoms with van der Waals surface area (Å²) in [5.41, 5.74) is 1.60. The van der Waals surface area contributed by atoms with Gasteiger partial charge in [-0.15, -0.1) is 0 Å². The highest BCUT2D eigenvalue weighted by atomic mass is 15.2. The van der Waals surface area contributed by atoms with Crippen LogP contribution in [-0.4, -0.2) is 175 Å². The lowest BCUT2D eigenvalue weighted by Crippen LogP contribution is -2.60. The molecule has 7 nitrogen and oxygen atoms in total. The van der Waals surface area contributed by atoms with Crippen molar-refractivity contribution < 1.29 is 0 Å². The van der Waals surface area contributed by atoms with Gasteiger partial charge in [-0.05, 0) is 195 Å². The zero-order valence-electron chi connectivity index (χ0n) is 39.9. The summed E-state index contributed by atoms with van der Waals surface area (Å²) < 4.78 is 0. The second-order valence-corrected chi connectivity index (χ2v) is 24.6. The van der Waals surface area contributed by atoms with Gasteiger partial charge in [0.05, 0.1) is 0 Å². The molecule has 10 atom stereocenters. The number of fused-ring (bicyclic) bond motifs is 4. The molecule has 7 heterocycles. The van der Waals surface area contributed by atoms with E-state index in [1.165, 1.54) is 149 Å². The van der Waals surface area contributed by atoms with Crippen LogP contribution in [0.3, 0.4) is 0 Å². The molecule has 7 saturated heterocycles. The van der Waals surface area contributed by atoms with E-state index in [4.69, 9.17) is 0 Å². The highest BCUT2D eigenvalue weighted by Gasteiger charge is 2.52. The molecule has 12 rings (SSSR count). The molecule has 0 N–H and O–H groups in total. The predicted molar refractivity (Wildman–Crippen MR) is 243 cm³/mol. The zero-order chi connectivity index (χ0) is 40.8. The quantitative estimate of drug-likeness (QED) is 0.256. The monoisotopic (exact) mass is 794 g/mol. The summed E-state index contributed by atoms with van der Waals surface area (Å²) in [6, 6.07) is 0. The lowest BCUT2D eigenvalue weighted by molar-refractivity contribution is -0.0758. The lowest BCUT2D eigenvalue weighted by Gasteiger charge is -2.57. The fraction of sp³-hybridized carbons (Fsp3) is 1.00. The fourth-order valence-corrected chi connectivity index (χ4v) is 15.6. The minimum Gasteiger partial charge on any atom is -0.306 e. The van der Waals surface area contributed by atoms with Crippen molar-refractivity contribution in [3.8, 4) is 0 Å². The second-order valence-electron chi connectivity index (χ2n) is 24.6. The predicted octanol–water partition coefficient (Wildman–Crippen LogP) is 7.20. The Hall–Kier alpha value is -0.280. The first-order valence-corrected chi connectivity index (χ1v) is 24.8. The largest absolute Gasteiger partial charge is 0.306 e. The number of rotatable bonds is 0. The van der Waals surface area contributed by atoms with E-state index in [2.05, 4.69) is 118 Å². The summed E-state index contributed by atoms with van der Waals surface area (Å²) in [5.74, 6) is 13.5. The summed E-state index contributed by atoms with van der Waals surface area (Å²) in [5, 5.41) is 0. The van der Waals surface area contributed by atoms with Gasteiger partial charge in [0, 0.05) is 85.1 Å². The number of piperidine rings is 2. The van der Waals surface area contributed by atoms with E-state index in [0.717, 1.165) is 87.8 Å².